The Hall–Kier alpha value is -1.88. The molecule has 0 bridgehead atoms. The minimum atomic E-state index is -0.0980. The van der Waals surface area contributed by atoms with Crippen LogP contribution in [-0.4, -0.2) is 24.4 Å². The van der Waals surface area contributed by atoms with Crippen molar-refractivity contribution >= 4 is 23.2 Å². The van der Waals surface area contributed by atoms with Gasteiger partial charge in [0.15, 0.2) is 0 Å². The zero-order valence-electron chi connectivity index (χ0n) is 13.3. The molecule has 0 aromatic heterocycles. The van der Waals surface area contributed by atoms with E-state index in [1.54, 1.807) is 0 Å². The highest BCUT2D eigenvalue weighted by molar-refractivity contribution is 5.95. The van der Waals surface area contributed by atoms with Gasteiger partial charge in [-0.15, -0.1) is 0 Å². The van der Waals surface area contributed by atoms with Crippen LogP contribution in [0.4, 0.5) is 11.4 Å². The fourth-order valence-electron chi connectivity index (χ4n) is 2.52. The molecular formula is C17H25N3O2. The normalized spacial score (nSPS) is 18.0. The molecule has 22 heavy (non-hydrogen) atoms. The second kappa shape index (κ2) is 7.94. The largest absolute Gasteiger partial charge is 0.326 e. The molecule has 1 aliphatic rings. The van der Waals surface area contributed by atoms with Crippen LogP contribution in [-0.2, 0) is 9.59 Å². The number of hydrogen-bond acceptors (Lipinski definition) is 3. The second-order valence-corrected chi connectivity index (χ2v) is 6.22. The molecule has 1 heterocycles. The van der Waals surface area contributed by atoms with Gasteiger partial charge in [0.2, 0.25) is 11.8 Å². The highest BCUT2D eigenvalue weighted by Crippen LogP contribution is 2.16. The Morgan fingerprint density at radius 3 is 2.32 bits per heavy atom. The average Bonchev–Trinajstić information content (AvgIpc) is 2.49. The molecule has 120 valence electrons. The Labute approximate surface area is 131 Å². The summed E-state index contributed by atoms with van der Waals surface area (Å²) >= 11 is 0. The van der Waals surface area contributed by atoms with E-state index in [-0.39, 0.29) is 17.9 Å². The number of carbonyl (C=O) groups is 2. The zero-order valence-corrected chi connectivity index (χ0v) is 13.3. The summed E-state index contributed by atoms with van der Waals surface area (Å²) in [5.74, 6) is 0.357. The first-order valence-electron chi connectivity index (χ1n) is 7.99. The minimum absolute atomic E-state index is 0.0105. The molecule has 3 N–H and O–H groups in total. The van der Waals surface area contributed by atoms with Gasteiger partial charge in [-0.25, -0.2) is 0 Å². The topological polar surface area (TPSA) is 70.2 Å². The van der Waals surface area contributed by atoms with E-state index in [9.17, 15) is 9.59 Å². The summed E-state index contributed by atoms with van der Waals surface area (Å²) in [7, 11) is 0. The Morgan fingerprint density at radius 2 is 1.77 bits per heavy atom. The molecule has 0 saturated carbocycles. The predicted octanol–water partition coefficient (Wildman–Crippen LogP) is 2.75. The lowest BCUT2D eigenvalue weighted by atomic mass is 10.0. The number of amides is 2. The van der Waals surface area contributed by atoms with Crippen LogP contribution in [0.2, 0.25) is 0 Å². The first-order chi connectivity index (χ1) is 10.5. The van der Waals surface area contributed by atoms with E-state index in [0.717, 1.165) is 37.2 Å². The number of nitrogens with one attached hydrogen (secondary N) is 3. The van der Waals surface area contributed by atoms with Crippen molar-refractivity contribution in [1.82, 2.24) is 5.32 Å². The fourth-order valence-corrected chi connectivity index (χ4v) is 2.52. The molecule has 1 aromatic carbocycles. The SMILES string of the molecule is CC(C)CC(=O)Nc1ccc(NC(=O)[C@@H]2CCCCN2)cc1. The summed E-state index contributed by atoms with van der Waals surface area (Å²) in [6, 6.07) is 7.14. The maximum Gasteiger partial charge on any atom is 0.241 e. The minimum Gasteiger partial charge on any atom is -0.326 e. The molecule has 1 fully saturated rings. The molecule has 2 amide bonds. The molecule has 1 aromatic rings. The third-order valence-corrected chi connectivity index (χ3v) is 3.66. The molecule has 1 aliphatic heterocycles. The average molecular weight is 303 g/mol. The lowest BCUT2D eigenvalue weighted by Crippen LogP contribution is -2.43. The number of anilines is 2. The summed E-state index contributed by atoms with van der Waals surface area (Å²) in [5.41, 5.74) is 1.50. The van der Waals surface area contributed by atoms with Crippen LogP contribution in [0.25, 0.3) is 0 Å². The van der Waals surface area contributed by atoms with E-state index < -0.39 is 0 Å². The van der Waals surface area contributed by atoms with Gasteiger partial charge in [-0.2, -0.15) is 0 Å². The van der Waals surface area contributed by atoms with Crippen molar-refractivity contribution in [3.63, 3.8) is 0 Å². The Bertz CT molecular complexity index is 505. The van der Waals surface area contributed by atoms with E-state index in [4.69, 9.17) is 0 Å². The van der Waals surface area contributed by atoms with E-state index in [2.05, 4.69) is 16.0 Å². The van der Waals surface area contributed by atoms with Gasteiger partial charge < -0.3 is 16.0 Å². The van der Waals surface area contributed by atoms with Gasteiger partial charge in [0.05, 0.1) is 6.04 Å². The molecule has 2 rings (SSSR count). The molecule has 0 unspecified atom stereocenters. The maximum atomic E-state index is 12.1. The Morgan fingerprint density at radius 1 is 1.14 bits per heavy atom. The smallest absolute Gasteiger partial charge is 0.241 e. The molecule has 0 aliphatic carbocycles. The van der Waals surface area contributed by atoms with Gasteiger partial charge >= 0.3 is 0 Å². The monoisotopic (exact) mass is 303 g/mol. The number of carbonyl (C=O) groups excluding carboxylic acids is 2. The highest BCUT2D eigenvalue weighted by atomic mass is 16.2. The predicted molar refractivity (Wildman–Crippen MR) is 88.8 cm³/mol. The number of hydrogen-bond donors (Lipinski definition) is 3. The number of benzene rings is 1. The Kier molecular flexibility index (Phi) is 5.95. The fraction of sp³-hybridized carbons (Fsp3) is 0.529. The number of piperidine rings is 1. The molecular weight excluding hydrogens is 278 g/mol. The van der Waals surface area contributed by atoms with Crippen molar-refractivity contribution in [2.75, 3.05) is 17.2 Å². The van der Waals surface area contributed by atoms with Crippen LogP contribution in [0.3, 0.4) is 0 Å². The summed E-state index contributed by atoms with van der Waals surface area (Å²) in [6.45, 7) is 4.92. The van der Waals surface area contributed by atoms with Crippen LogP contribution in [0.1, 0.15) is 39.5 Å². The lowest BCUT2D eigenvalue weighted by Gasteiger charge is -2.22. The molecule has 1 atom stereocenters. The van der Waals surface area contributed by atoms with Gasteiger partial charge in [-0.3, -0.25) is 9.59 Å². The van der Waals surface area contributed by atoms with Crippen molar-refractivity contribution in [2.45, 2.75) is 45.6 Å². The zero-order chi connectivity index (χ0) is 15.9. The summed E-state index contributed by atoms with van der Waals surface area (Å²) in [6.07, 6.45) is 3.61. The third-order valence-electron chi connectivity index (χ3n) is 3.66. The van der Waals surface area contributed by atoms with E-state index in [0.29, 0.717) is 12.3 Å². The maximum absolute atomic E-state index is 12.1. The van der Waals surface area contributed by atoms with Crippen molar-refractivity contribution in [3.05, 3.63) is 24.3 Å². The van der Waals surface area contributed by atoms with Crippen LogP contribution < -0.4 is 16.0 Å². The standard InChI is InChI=1S/C17H25N3O2/c1-12(2)11-16(21)19-13-6-8-14(9-7-13)20-17(22)15-5-3-4-10-18-15/h6-9,12,15,18H,3-5,10-11H2,1-2H3,(H,19,21)(H,20,22)/t15-/m0/s1. The summed E-state index contributed by atoms with van der Waals surface area (Å²) < 4.78 is 0. The van der Waals surface area contributed by atoms with Crippen LogP contribution >= 0.6 is 0 Å². The van der Waals surface area contributed by atoms with Crippen molar-refractivity contribution in [3.8, 4) is 0 Å². The van der Waals surface area contributed by atoms with Gasteiger partial charge in [0.25, 0.3) is 0 Å². The van der Waals surface area contributed by atoms with Gasteiger partial charge in [0, 0.05) is 17.8 Å². The van der Waals surface area contributed by atoms with Crippen LogP contribution in [0.15, 0.2) is 24.3 Å². The van der Waals surface area contributed by atoms with Gasteiger partial charge in [0.1, 0.15) is 0 Å². The van der Waals surface area contributed by atoms with E-state index in [1.807, 2.05) is 38.1 Å². The van der Waals surface area contributed by atoms with Crippen molar-refractivity contribution < 1.29 is 9.59 Å². The number of rotatable bonds is 5. The molecule has 5 nitrogen and oxygen atoms in total. The highest BCUT2D eigenvalue weighted by Gasteiger charge is 2.20. The molecule has 0 spiro atoms. The quantitative estimate of drug-likeness (QED) is 0.783. The van der Waals surface area contributed by atoms with E-state index >= 15 is 0 Å². The van der Waals surface area contributed by atoms with Crippen LogP contribution in [0, 0.1) is 5.92 Å². The second-order valence-electron chi connectivity index (χ2n) is 6.22. The van der Waals surface area contributed by atoms with Gasteiger partial charge in [-0.05, 0) is 49.6 Å². The molecule has 1 saturated heterocycles. The van der Waals surface area contributed by atoms with Crippen LogP contribution in [0.5, 0.6) is 0 Å². The van der Waals surface area contributed by atoms with E-state index in [1.165, 1.54) is 0 Å². The molecule has 0 radical (unpaired) electrons. The molecule has 5 heteroatoms. The summed E-state index contributed by atoms with van der Waals surface area (Å²) in [4.78, 5) is 23.8. The first-order valence-corrected chi connectivity index (χ1v) is 7.99. The first kappa shape index (κ1) is 16.5. The van der Waals surface area contributed by atoms with Crippen molar-refractivity contribution in [2.24, 2.45) is 5.92 Å². The summed E-state index contributed by atoms with van der Waals surface area (Å²) in [5, 5.41) is 8.99. The third kappa shape index (κ3) is 5.15. The van der Waals surface area contributed by atoms with Crippen molar-refractivity contribution in [1.29, 1.82) is 0 Å². The Balaban J connectivity index is 1.86. The van der Waals surface area contributed by atoms with Gasteiger partial charge in [-0.1, -0.05) is 20.3 Å². The lowest BCUT2D eigenvalue weighted by molar-refractivity contribution is -0.119.